The van der Waals surface area contributed by atoms with Gasteiger partial charge in [-0.05, 0) is 43.9 Å². The van der Waals surface area contributed by atoms with Gasteiger partial charge in [-0.3, -0.25) is 14.6 Å². The van der Waals surface area contributed by atoms with E-state index in [2.05, 4.69) is 10.3 Å². The first-order valence-electron chi connectivity index (χ1n) is 8.82. The van der Waals surface area contributed by atoms with Crippen LogP contribution in [0.15, 0.2) is 41.6 Å². The van der Waals surface area contributed by atoms with Crippen molar-refractivity contribution in [3.05, 3.63) is 64.0 Å². The molecular weight excluding hydrogens is 328 g/mol. The highest BCUT2D eigenvalue weighted by atomic mass is 16.2. The molecule has 1 saturated carbocycles. The van der Waals surface area contributed by atoms with Crippen LogP contribution in [0.2, 0.25) is 0 Å². The normalized spacial score (nSPS) is 15.7. The smallest absolute Gasteiger partial charge is 0.260 e. The van der Waals surface area contributed by atoms with Crippen LogP contribution in [0, 0.1) is 6.92 Å². The molecule has 134 valence electrons. The highest BCUT2D eigenvalue weighted by Crippen LogP contribution is 2.40. The summed E-state index contributed by atoms with van der Waals surface area (Å²) >= 11 is 0. The van der Waals surface area contributed by atoms with Crippen molar-refractivity contribution in [1.29, 1.82) is 0 Å². The zero-order valence-electron chi connectivity index (χ0n) is 15.2. The molecular formula is C20H22N4O2. The minimum atomic E-state index is -0.435. The number of pyridine rings is 2. The SMILES string of the molecule is Cc1cn(C)c(=O)c2c(C(=O)NC3(c4ccccn4)CCC3)cn(C)c12. The summed E-state index contributed by atoms with van der Waals surface area (Å²) in [6, 6.07) is 5.76. The van der Waals surface area contributed by atoms with Gasteiger partial charge < -0.3 is 14.5 Å². The molecule has 0 spiro atoms. The second-order valence-electron chi connectivity index (χ2n) is 7.21. The Morgan fingerprint density at radius 1 is 1.19 bits per heavy atom. The van der Waals surface area contributed by atoms with E-state index in [4.69, 9.17) is 0 Å². The molecule has 26 heavy (non-hydrogen) atoms. The second kappa shape index (κ2) is 5.83. The third kappa shape index (κ3) is 2.36. The van der Waals surface area contributed by atoms with E-state index in [1.54, 1.807) is 25.6 Å². The third-order valence-electron chi connectivity index (χ3n) is 5.44. The van der Waals surface area contributed by atoms with Gasteiger partial charge in [-0.2, -0.15) is 0 Å². The molecule has 1 N–H and O–H groups in total. The van der Waals surface area contributed by atoms with E-state index in [1.165, 1.54) is 4.57 Å². The minimum Gasteiger partial charge on any atom is -0.349 e. The van der Waals surface area contributed by atoms with Crippen molar-refractivity contribution in [2.24, 2.45) is 14.1 Å². The Bertz CT molecular complexity index is 1060. The number of carbonyl (C=O) groups excluding carboxylic acids is 1. The Kier molecular flexibility index (Phi) is 3.72. The van der Waals surface area contributed by atoms with Crippen LogP contribution in [-0.2, 0) is 19.6 Å². The third-order valence-corrected chi connectivity index (χ3v) is 5.44. The molecule has 0 aliphatic heterocycles. The Labute approximate surface area is 151 Å². The van der Waals surface area contributed by atoms with Crippen LogP contribution in [0.25, 0.3) is 10.9 Å². The van der Waals surface area contributed by atoms with Crippen molar-refractivity contribution in [3.8, 4) is 0 Å². The summed E-state index contributed by atoms with van der Waals surface area (Å²) in [7, 11) is 3.58. The quantitative estimate of drug-likeness (QED) is 0.789. The number of aromatic nitrogens is 3. The fraction of sp³-hybridized carbons (Fsp3) is 0.350. The molecule has 3 heterocycles. The maximum atomic E-state index is 13.1. The lowest BCUT2D eigenvalue weighted by molar-refractivity contribution is 0.0818. The van der Waals surface area contributed by atoms with E-state index < -0.39 is 5.54 Å². The molecule has 1 fully saturated rings. The molecule has 0 aromatic carbocycles. The number of carbonyl (C=O) groups is 1. The Balaban J connectivity index is 1.79. The van der Waals surface area contributed by atoms with Crippen molar-refractivity contribution in [2.45, 2.75) is 31.7 Å². The predicted molar refractivity (Wildman–Crippen MR) is 100 cm³/mol. The lowest BCUT2D eigenvalue weighted by Gasteiger charge is -2.42. The van der Waals surface area contributed by atoms with Gasteiger partial charge in [0.25, 0.3) is 11.5 Å². The van der Waals surface area contributed by atoms with Crippen molar-refractivity contribution < 1.29 is 4.79 Å². The van der Waals surface area contributed by atoms with E-state index in [0.29, 0.717) is 10.9 Å². The number of nitrogens with one attached hydrogen (secondary N) is 1. The molecule has 0 unspecified atom stereocenters. The average molecular weight is 350 g/mol. The predicted octanol–water partition coefficient (Wildman–Crippen LogP) is 2.39. The number of nitrogens with zero attached hydrogens (tertiary/aromatic N) is 3. The molecule has 1 aliphatic rings. The maximum absolute atomic E-state index is 13.1. The fourth-order valence-electron chi connectivity index (χ4n) is 3.98. The molecule has 1 amide bonds. The van der Waals surface area contributed by atoms with Crippen LogP contribution in [-0.4, -0.2) is 20.0 Å². The first kappa shape index (κ1) is 16.6. The topological polar surface area (TPSA) is 68.9 Å². The lowest BCUT2D eigenvalue weighted by atomic mass is 9.74. The van der Waals surface area contributed by atoms with Crippen molar-refractivity contribution in [1.82, 2.24) is 19.4 Å². The van der Waals surface area contributed by atoms with Crippen molar-refractivity contribution >= 4 is 16.8 Å². The van der Waals surface area contributed by atoms with E-state index in [1.807, 2.05) is 36.7 Å². The number of hydrogen-bond donors (Lipinski definition) is 1. The largest absolute Gasteiger partial charge is 0.349 e. The maximum Gasteiger partial charge on any atom is 0.260 e. The highest BCUT2D eigenvalue weighted by molar-refractivity contribution is 6.07. The van der Waals surface area contributed by atoms with E-state index >= 15 is 0 Å². The van der Waals surface area contributed by atoms with Crippen LogP contribution < -0.4 is 10.9 Å². The summed E-state index contributed by atoms with van der Waals surface area (Å²) < 4.78 is 3.39. The van der Waals surface area contributed by atoms with Gasteiger partial charge >= 0.3 is 0 Å². The molecule has 3 aromatic rings. The monoisotopic (exact) mass is 350 g/mol. The van der Waals surface area contributed by atoms with Gasteiger partial charge in [-0.1, -0.05) is 6.07 Å². The number of fused-ring (bicyclic) bond motifs is 1. The molecule has 3 aromatic heterocycles. The molecule has 0 atom stereocenters. The van der Waals surface area contributed by atoms with Crippen LogP contribution in [0.5, 0.6) is 0 Å². The summed E-state index contributed by atoms with van der Waals surface area (Å²) in [4.78, 5) is 30.3. The van der Waals surface area contributed by atoms with E-state index in [9.17, 15) is 9.59 Å². The zero-order valence-corrected chi connectivity index (χ0v) is 15.2. The van der Waals surface area contributed by atoms with Crippen molar-refractivity contribution in [3.63, 3.8) is 0 Å². The van der Waals surface area contributed by atoms with Gasteiger partial charge in [0.05, 0.1) is 27.7 Å². The van der Waals surface area contributed by atoms with Crippen LogP contribution in [0.4, 0.5) is 0 Å². The molecule has 0 radical (unpaired) electrons. The summed E-state index contributed by atoms with van der Waals surface area (Å²) in [5.41, 5.74) is 2.48. The molecule has 0 bridgehead atoms. The number of aryl methyl sites for hydroxylation is 3. The van der Waals surface area contributed by atoms with Crippen LogP contribution in [0.1, 0.15) is 40.9 Å². The molecule has 6 nitrogen and oxygen atoms in total. The first-order valence-corrected chi connectivity index (χ1v) is 8.82. The summed E-state index contributed by atoms with van der Waals surface area (Å²) in [6.07, 6.45) is 8.06. The number of rotatable bonds is 3. The van der Waals surface area contributed by atoms with Gasteiger partial charge in [-0.15, -0.1) is 0 Å². The zero-order chi connectivity index (χ0) is 18.5. The Morgan fingerprint density at radius 3 is 2.58 bits per heavy atom. The Morgan fingerprint density at radius 2 is 1.96 bits per heavy atom. The van der Waals surface area contributed by atoms with E-state index in [-0.39, 0.29) is 11.5 Å². The highest BCUT2D eigenvalue weighted by Gasteiger charge is 2.41. The van der Waals surface area contributed by atoms with Gasteiger partial charge in [0.2, 0.25) is 0 Å². The van der Waals surface area contributed by atoms with Gasteiger partial charge in [0.15, 0.2) is 0 Å². The van der Waals surface area contributed by atoms with Crippen LogP contribution in [0.3, 0.4) is 0 Å². The fourth-order valence-corrected chi connectivity index (χ4v) is 3.98. The molecule has 4 rings (SSSR count). The Hall–Kier alpha value is -2.89. The molecule has 0 saturated heterocycles. The van der Waals surface area contributed by atoms with E-state index in [0.717, 1.165) is 36.0 Å². The standard InChI is InChI=1S/C20H22N4O2/c1-13-11-24(3)19(26)16-14(12-23(2)17(13)16)18(25)22-20(8-6-9-20)15-7-4-5-10-21-15/h4-5,7,10-12H,6,8-9H2,1-3H3,(H,22,25). The minimum absolute atomic E-state index is 0.156. The summed E-state index contributed by atoms with van der Waals surface area (Å²) in [6.45, 7) is 1.95. The van der Waals surface area contributed by atoms with Gasteiger partial charge in [-0.25, -0.2) is 0 Å². The second-order valence-corrected chi connectivity index (χ2v) is 7.21. The molecule has 1 aliphatic carbocycles. The van der Waals surface area contributed by atoms with Gasteiger partial charge in [0.1, 0.15) is 0 Å². The van der Waals surface area contributed by atoms with Crippen LogP contribution >= 0.6 is 0 Å². The molecule has 6 heteroatoms. The lowest BCUT2D eigenvalue weighted by Crippen LogP contribution is -2.51. The average Bonchev–Trinajstić information content (AvgIpc) is 2.95. The summed E-state index contributed by atoms with van der Waals surface area (Å²) in [5.74, 6) is -0.219. The van der Waals surface area contributed by atoms with Gasteiger partial charge in [0, 0.05) is 32.7 Å². The number of amides is 1. The first-order chi connectivity index (χ1) is 12.4. The summed E-state index contributed by atoms with van der Waals surface area (Å²) in [5, 5.41) is 3.65. The van der Waals surface area contributed by atoms with Crippen molar-refractivity contribution in [2.75, 3.05) is 0 Å². The number of hydrogen-bond acceptors (Lipinski definition) is 3.